The highest BCUT2D eigenvalue weighted by atomic mass is 16.5. The summed E-state index contributed by atoms with van der Waals surface area (Å²) in [4.78, 5) is 8.95. The van der Waals surface area contributed by atoms with Crippen LogP contribution in [0.15, 0.2) is 36.4 Å². The van der Waals surface area contributed by atoms with Crippen molar-refractivity contribution in [3.8, 4) is 0 Å². The maximum Gasteiger partial charge on any atom is 0.158 e. The van der Waals surface area contributed by atoms with E-state index in [1.807, 2.05) is 43.3 Å². The quantitative estimate of drug-likeness (QED) is 0.776. The summed E-state index contributed by atoms with van der Waals surface area (Å²) in [5.41, 5.74) is 1.00. The lowest BCUT2D eigenvalue weighted by atomic mass is 10.3. The molecule has 0 bridgehead atoms. The van der Waals surface area contributed by atoms with Gasteiger partial charge in [-0.3, -0.25) is 0 Å². The fourth-order valence-electron chi connectivity index (χ4n) is 1.83. The van der Waals surface area contributed by atoms with Crippen molar-refractivity contribution in [1.82, 2.24) is 9.97 Å². The van der Waals surface area contributed by atoms with Gasteiger partial charge in [0, 0.05) is 24.9 Å². The zero-order valence-corrected chi connectivity index (χ0v) is 12.6. The number of benzene rings is 1. The van der Waals surface area contributed by atoms with Crippen LogP contribution < -0.4 is 10.6 Å². The Labute approximate surface area is 125 Å². The van der Waals surface area contributed by atoms with E-state index in [1.54, 1.807) is 0 Å². The summed E-state index contributed by atoms with van der Waals surface area (Å²) in [5.74, 6) is 2.26. The number of ether oxygens (including phenoxy) is 1. The van der Waals surface area contributed by atoms with Gasteiger partial charge in [-0.2, -0.15) is 0 Å². The normalized spacial score (nSPS) is 10.4. The van der Waals surface area contributed by atoms with Gasteiger partial charge < -0.3 is 15.4 Å². The predicted molar refractivity (Wildman–Crippen MR) is 85.9 cm³/mol. The second kappa shape index (κ2) is 8.21. The lowest BCUT2D eigenvalue weighted by Gasteiger charge is -2.11. The van der Waals surface area contributed by atoms with E-state index >= 15 is 0 Å². The van der Waals surface area contributed by atoms with Gasteiger partial charge in [0.05, 0.1) is 0 Å². The van der Waals surface area contributed by atoms with Crippen molar-refractivity contribution in [3.63, 3.8) is 0 Å². The maximum atomic E-state index is 5.40. The van der Waals surface area contributed by atoms with E-state index in [2.05, 4.69) is 27.5 Å². The maximum absolute atomic E-state index is 5.40. The van der Waals surface area contributed by atoms with E-state index in [0.717, 1.165) is 30.3 Å². The number of para-hydroxylation sites is 1. The standard InChI is InChI=1S/C16H22N4O/c1-3-10-17-14-11-15(18-13-8-6-5-7-9-13)20-16(19-14)12-21-4-2/h5-9,11H,3-4,10,12H2,1-2H3,(H2,17,18,19,20). The molecule has 1 aromatic carbocycles. The van der Waals surface area contributed by atoms with Crippen molar-refractivity contribution in [2.24, 2.45) is 0 Å². The van der Waals surface area contributed by atoms with Gasteiger partial charge in [0.25, 0.3) is 0 Å². The molecular formula is C16H22N4O. The van der Waals surface area contributed by atoms with E-state index in [0.29, 0.717) is 19.0 Å². The van der Waals surface area contributed by atoms with Crippen LogP contribution >= 0.6 is 0 Å². The van der Waals surface area contributed by atoms with Crippen LogP contribution in [0.2, 0.25) is 0 Å². The molecule has 1 heterocycles. The average molecular weight is 286 g/mol. The summed E-state index contributed by atoms with van der Waals surface area (Å²) in [6, 6.07) is 11.9. The molecule has 0 spiro atoms. The Bertz CT molecular complexity index is 519. The first kappa shape index (κ1) is 15.3. The molecule has 2 aromatic rings. The molecule has 0 amide bonds. The minimum absolute atomic E-state index is 0.418. The Morgan fingerprint density at radius 3 is 2.52 bits per heavy atom. The van der Waals surface area contributed by atoms with Gasteiger partial charge in [-0.15, -0.1) is 0 Å². The second-order valence-corrected chi connectivity index (χ2v) is 4.61. The summed E-state index contributed by atoms with van der Waals surface area (Å²) >= 11 is 0. The average Bonchev–Trinajstić information content (AvgIpc) is 2.52. The van der Waals surface area contributed by atoms with Crippen LogP contribution in [0.1, 0.15) is 26.1 Å². The molecule has 0 aliphatic carbocycles. The van der Waals surface area contributed by atoms with Crippen molar-refractivity contribution in [3.05, 3.63) is 42.2 Å². The third-order valence-corrected chi connectivity index (χ3v) is 2.81. The monoisotopic (exact) mass is 286 g/mol. The van der Waals surface area contributed by atoms with Crippen LogP contribution in [0, 0.1) is 0 Å². The molecule has 5 nitrogen and oxygen atoms in total. The van der Waals surface area contributed by atoms with Crippen LogP contribution in [0.5, 0.6) is 0 Å². The Morgan fingerprint density at radius 1 is 1.05 bits per heavy atom. The van der Waals surface area contributed by atoms with Crippen molar-refractivity contribution in [1.29, 1.82) is 0 Å². The van der Waals surface area contributed by atoms with Crippen molar-refractivity contribution >= 4 is 17.3 Å². The van der Waals surface area contributed by atoms with Crippen molar-refractivity contribution in [2.75, 3.05) is 23.8 Å². The summed E-state index contributed by atoms with van der Waals surface area (Å²) in [6.45, 7) is 6.04. The van der Waals surface area contributed by atoms with Gasteiger partial charge in [0.1, 0.15) is 18.2 Å². The first-order valence-electron chi connectivity index (χ1n) is 7.33. The molecule has 0 atom stereocenters. The highest BCUT2D eigenvalue weighted by Crippen LogP contribution is 2.17. The molecule has 0 aliphatic rings. The Balaban J connectivity index is 2.17. The summed E-state index contributed by atoms with van der Waals surface area (Å²) < 4.78 is 5.40. The number of rotatable bonds is 8. The zero-order chi connectivity index (χ0) is 14.9. The fraction of sp³-hybridized carbons (Fsp3) is 0.375. The Kier molecular flexibility index (Phi) is 5.97. The molecule has 1 aromatic heterocycles. The van der Waals surface area contributed by atoms with E-state index in [1.165, 1.54) is 0 Å². The molecule has 0 aliphatic heterocycles. The van der Waals surface area contributed by atoms with Crippen molar-refractivity contribution < 1.29 is 4.74 Å². The number of nitrogens with zero attached hydrogens (tertiary/aromatic N) is 2. The third-order valence-electron chi connectivity index (χ3n) is 2.81. The molecule has 2 N–H and O–H groups in total. The lowest BCUT2D eigenvalue weighted by molar-refractivity contribution is 0.128. The first-order valence-corrected chi connectivity index (χ1v) is 7.33. The largest absolute Gasteiger partial charge is 0.374 e. The van der Waals surface area contributed by atoms with Gasteiger partial charge in [0.2, 0.25) is 0 Å². The van der Waals surface area contributed by atoms with Crippen molar-refractivity contribution in [2.45, 2.75) is 26.9 Å². The van der Waals surface area contributed by atoms with Crippen LogP contribution in [0.4, 0.5) is 17.3 Å². The van der Waals surface area contributed by atoms with E-state index in [-0.39, 0.29) is 0 Å². The van der Waals surface area contributed by atoms with Gasteiger partial charge in [0.15, 0.2) is 5.82 Å². The van der Waals surface area contributed by atoms with Crippen LogP contribution in [0.3, 0.4) is 0 Å². The lowest BCUT2D eigenvalue weighted by Crippen LogP contribution is -2.08. The third kappa shape index (κ3) is 5.04. The molecule has 0 radical (unpaired) electrons. The number of hydrogen-bond donors (Lipinski definition) is 2. The van der Waals surface area contributed by atoms with Crippen LogP contribution in [-0.4, -0.2) is 23.1 Å². The zero-order valence-electron chi connectivity index (χ0n) is 12.6. The number of aromatic nitrogens is 2. The number of hydrogen-bond acceptors (Lipinski definition) is 5. The fourth-order valence-corrected chi connectivity index (χ4v) is 1.83. The summed E-state index contributed by atoms with van der Waals surface area (Å²) in [7, 11) is 0. The molecular weight excluding hydrogens is 264 g/mol. The Morgan fingerprint density at radius 2 is 1.81 bits per heavy atom. The van der Waals surface area contributed by atoms with E-state index in [9.17, 15) is 0 Å². The molecule has 2 rings (SSSR count). The SMILES string of the molecule is CCCNc1cc(Nc2ccccc2)nc(COCC)n1. The molecule has 112 valence electrons. The minimum atomic E-state index is 0.418. The molecule has 0 unspecified atom stereocenters. The van der Waals surface area contributed by atoms with Crippen LogP contribution in [0.25, 0.3) is 0 Å². The molecule has 0 saturated carbocycles. The van der Waals surface area contributed by atoms with Gasteiger partial charge in [-0.25, -0.2) is 9.97 Å². The number of nitrogens with one attached hydrogen (secondary N) is 2. The van der Waals surface area contributed by atoms with E-state index < -0.39 is 0 Å². The molecule has 0 saturated heterocycles. The van der Waals surface area contributed by atoms with Gasteiger partial charge in [-0.05, 0) is 25.5 Å². The number of anilines is 3. The van der Waals surface area contributed by atoms with Gasteiger partial charge in [-0.1, -0.05) is 25.1 Å². The topological polar surface area (TPSA) is 59.1 Å². The Hall–Kier alpha value is -2.14. The highest BCUT2D eigenvalue weighted by molar-refractivity contribution is 5.58. The predicted octanol–water partition coefficient (Wildman–Crippen LogP) is 3.58. The summed E-state index contributed by atoms with van der Waals surface area (Å²) in [5, 5.41) is 6.58. The van der Waals surface area contributed by atoms with Crippen LogP contribution in [-0.2, 0) is 11.3 Å². The molecule has 5 heteroatoms. The molecule has 0 fully saturated rings. The smallest absolute Gasteiger partial charge is 0.158 e. The second-order valence-electron chi connectivity index (χ2n) is 4.61. The first-order chi connectivity index (χ1) is 10.3. The van der Waals surface area contributed by atoms with Gasteiger partial charge >= 0.3 is 0 Å². The highest BCUT2D eigenvalue weighted by Gasteiger charge is 2.05. The minimum Gasteiger partial charge on any atom is -0.374 e. The van der Waals surface area contributed by atoms with E-state index in [4.69, 9.17) is 4.74 Å². The summed E-state index contributed by atoms with van der Waals surface area (Å²) in [6.07, 6.45) is 1.05. The molecule has 21 heavy (non-hydrogen) atoms.